The number of fused-ring (bicyclic) bond motifs is 1. The molecule has 0 aliphatic rings. The smallest absolute Gasteiger partial charge is 0.109 e. The molecular formula is C15H23N3. The first kappa shape index (κ1) is 13.1. The van der Waals surface area contributed by atoms with Gasteiger partial charge in [0.25, 0.3) is 0 Å². The Balaban J connectivity index is 2.35. The molecule has 1 aromatic heterocycles. The monoisotopic (exact) mass is 245 g/mol. The number of nitrogens with one attached hydrogen (secondary N) is 1. The van der Waals surface area contributed by atoms with E-state index in [1.165, 1.54) is 11.3 Å². The minimum atomic E-state index is 0.426. The van der Waals surface area contributed by atoms with E-state index in [1.54, 1.807) is 0 Å². The van der Waals surface area contributed by atoms with Gasteiger partial charge in [0.05, 0.1) is 11.0 Å². The van der Waals surface area contributed by atoms with E-state index in [1.807, 2.05) is 0 Å². The number of benzene rings is 1. The molecule has 1 heterocycles. The van der Waals surface area contributed by atoms with Crippen molar-refractivity contribution in [3.05, 3.63) is 30.1 Å². The number of aromatic nitrogens is 2. The Morgan fingerprint density at radius 1 is 1.22 bits per heavy atom. The number of rotatable bonds is 5. The SMILES string of the molecule is CCc1nc2ccccc2n1C(C)CNC(C)C. The first-order valence-corrected chi connectivity index (χ1v) is 6.82. The number of nitrogens with zero attached hydrogens (tertiary/aromatic N) is 2. The normalized spacial score (nSPS) is 13.4. The Morgan fingerprint density at radius 3 is 2.61 bits per heavy atom. The summed E-state index contributed by atoms with van der Waals surface area (Å²) in [5.74, 6) is 1.18. The van der Waals surface area contributed by atoms with Gasteiger partial charge in [-0.05, 0) is 19.1 Å². The van der Waals surface area contributed by atoms with Crippen LogP contribution in [-0.4, -0.2) is 22.1 Å². The van der Waals surface area contributed by atoms with E-state index in [-0.39, 0.29) is 0 Å². The number of imidazole rings is 1. The van der Waals surface area contributed by atoms with E-state index in [2.05, 4.69) is 61.8 Å². The molecule has 1 aromatic carbocycles. The molecule has 0 spiro atoms. The van der Waals surface area contributed by atoms with Crippen LogP contribution in [0.2, 0.25) is 0 Å². The van der Waals surface area contributed by atoms with Crippen LogP contribution in [0.25, 0.3) is 11.0 Å². The van der Waals surface area contributed by atoms with E-state index in [0.717, 1.165) is 18.5 Å². The van der Waals surface area contributed by atoms with E-state index < -0.39 is 0 Å². The summed E-state index contributed by atoms with van der Waals surface area (Å²) in [6, 6.07) is 9.33. The van der Waals surface area contributed by atoms with Crippen LogP contribution in [0.3, 0.4) is 0 Å². The lowest BCUT2D eigenvalue weighted by Crippen LogP contribution is -2.29. The summed E-state index contributed by atoms with van der Waals surface area (Å²) in [7, 11) is 0. The minimum absolute atomic E-state index is 0.426. The molecule has 2 aromatic rings. The van der Waals surface area contributed by atoms with Crippen LogP contribution >= 0.6 is 0 Å². The zero-order valence-electron chi connectivity index (χ0n) is 11.8. The van der Waals surface area contributed by atoms with E-state index in [9.17, 15) is 0 Å². The quantitative estimate of drug-likeness (QED) is 0.877. The molecule has 0 bridgehead atoms. The van der Waals surface area contributed by atoms with Crippen molar-refractivity contribution in [2.24, 2.45) is 0 Å². The van der Waals surface area contributed by atoms with E-state index in [0.29, 0.717) is 12.1 Å². The summed E-state index contributed by atoms with van der Waals surface area (Å²) < 4.78 is 2.37. The fraction of sp³-hybridized carbons (Fsp3) is 0.533. The largest absolute Gasteiger partial charge is 0.324 e. The average Bonchev–Trinajstić information content (AvgIpc) is 2.74. The highest BCUT2D eigenvalue weighted by Gasteiger charge is 2.14. The Kier molecular flexibility index (Phi) is 4.02. The Labute approximate surface area is 109 Å². The van der Waals surface area contributed by atoms with Gasteiger partial charge in [-0.1, -0.05) is 32.9 Å². The maximum absolute atomic E-state index is 4.71. The zero-order chi connectivity index (χ0) is 13.1. The Morgan fingerprint density at radius 2 is 1.94 bits per heavy atom. The molecule has 1 N–H and O–H groups in total. The molecule has 3 heteroatoms. The van der Waals surface area contributed by atoms with Crippen LogP contribution in [0.5, 0.6) is 0 Å². The number of para-hydroxylation sites is 2. The molecule has 3 nitrogen and oxygen atoms in total. The Hall–Kier alpha value is -1.35. The Bertz CT molecular complexity index is 513. The molecule has 0 aliphatic heterocycles. The van der Waals surface area contributed by atoms with Gasteiger partial charge in [-0.25, -0.2) is 4.98 Å². The van der Waals surface area contributed by atoms with Gasteiger partial charge in [0.1, 0.15) is 5.82 Å². The van der Waals surface area contributed by atoms with Gasteiger partial charge in [0.2, 0.25) is 0 Å². The molecule has 1 unspecified atom stereocenters. The van der Waals surface area contributed by atoms with Crippen molar-refractivity contribution in [2.45, 2.75) is 46.2 Å². The van der Waals surface area contributed by atoms with Crippen molar-refractivity contribution >= 4 is 11.0 Å². The standard InChI is InChI=1S/C15H23N3/c1-5-15-17-13-8-6-7-9-14(13)18(15)12(4)10-16-11(2)3/h6-9,11-12,16H,5,10H2,1-4H3. The predicted octanol–water partition coefficient (Wildman–Crippen LogP) is 3.16. The van der Waals surface area contributed by atoms with Gasteiger partial charge in [-0.15, -0.1) is 0 Å². The highest BCUT2D eigenvalue weighted by Crippen LogP contribution is 2.21. The second kappa shape index (κ2) is 5.53. The summed E-state index contributed by atoms with van der Waals surface area (Å²) in [6.45, 7) is 9.76. The van der Waals surface area contributed by atoms with E-state index in [4.69, 9.17) is 4.98 Å². The van der Waals surface area contributed by atoms with Gasteiger partial charge in [-0.3, -0.25) is 0 Å². The van der Waals surface area contributed by atoms with Gasteiger partial charge in [0, 0.05) is 25.0 Å². The van der Waals surface area contributed by atoms with Crippen LogP contribution in [0.4, 0.5) is 0 Å². The van der Waals surface area contributed by atoms with E-state index >= 15 is 0 Å². The summed E-state index contributed by atoms with van der Waals surface area (Å²) in [5, 5.41) is 3.50. The fourth-order valence-electron chi connectivity index (χ4n) is 2.33. The molecule has 18 heavy (non-hydrogen) atoms. The van der Waals surface area contributed by atoms with Crippen LogP contribution in [-0.2, 0) is 6.42 Å². The second-order valence-electron chi connectivity index (χ2n) is 5.15. The first-order valence-electron chi connectivity index (χ1n) is 6.82. The molecule has 98 valence electrons. The van der Waals surface area contributed by atoms with Gasteiger partial charge >= 0.3 is 0 Å². The lowest BCUT2D eigenvalue weighted by Gasteiger charge is -2.19. The van der Waals surface area contributed by atoms with Crippen molar-refractivity contribution < 1.29 is 0 Å². The molecule has 0 amide bonds. The van der Waals surface area contributed by atoms with Crippen LogP contribution in [0.1, 0.15) is 39.6 Å². The lowest BCUT2D eigenvalue weighted by atomic mass is 10.2. The van der Waals surface area contributed by atoms with Crippen LogP contribution < -0.4 is 5.32 Å². The number of aryl methyl sites for hydroxylation is 1. The third-order valence-electron chi connectivity index (χ3n) is 3.25. The van der Waals surface area contributed by atoms with Crippen LogP contribution in [0.15, 0.2) is 24.3 Å². The third kappa shape index (κ3) is 2.56. The summed E-state index contributed by atoms with van der Waals surface area (Å²) in [4.78, 5) is 4.71. The lowest BCUT2D eigenvalue weighted by molar-refractivity contribution is 0.462. The first-order chi connectivity index (χ1) is 8.63. The summed E-state index contributed by atoms with van der Waals surface area (Å²) in [6.07, 6.45) is 0.973. The van der Waals surface area contributed by atoms with Crippen LogP contribution in [0, 0.1) is 0 Å². The van der Waals surface area contributed by atoms with Crippen molar-refractivity contribution in [1.82, 2.24) is 14.9 Å². The molecule has 1 atom stereocenters. The van der Waals surface area contributed by atoms with Crippen molar-refractivity contribution in [3.8, 4) is 0 Å². The number of hydrogen-bond acceptors (Lipinski definition) is 2. The van der Waals surface area contributed by atoms with Crippen molar-refractivity contribution in [2.75, 3.05) is 6.54 Å². The summed E-state index contributed by atoms with van der Waals surface area (Å²) in [5.41, 5.74) is 2.35. The highest BCUT2D eigenvalue weighted by molar-refractivity contribution is 5.76. The molecule has 0 fully saturated rings. The maximum Gasteiger partial charge on any atom is 0.109 e. The van der Waals surface area contributed by atoms with Gasteiger partial charge < -0.3 is 9.88 Å². The highest BCUT2D eigenvalue weighted by atomic mass is 15.1. The molecule has 0 aliphatic carbocycles. The molecule has 2 rings (SSSR count). The molecule has 0 radical (unpaired) electrons. The average molecular weight is 245 g/mol. The fourth-order valence-corrected chi connectivity index (χ4v) is 2.33. The predicted molar refractivity (Wildman–Crippen MR) is 77.0 cm³/mol. The van der Waals surface area contributed by atoms with Crippen molar-refractivity contribution in [3.63, 3.8) is 0 Å². The van der Waals surface area contributed by atoms with Gasteiger partial charge in [0.15, 0.2) is 0 Å². The molecular weight excluding hydrogens is 222 g/mol. The minimum Gasteiger partial charge on any atom is -0.324 e. The second-order valence-corrected chi connectivity index (χ2v) is 5.15. The topological polar surface area (TPSA) is 29.9 Å². The third-order valence-corrected chi connectivity index (χ3v) is 3.25. The number of hydrogen-bond donors (Lipinski definition) is 1. The summed E-state index contributed by atoms with van der Waals surface area (Å²) >= 11 is 0. The maximum atomic E-state index is 4.71. The van der Waals surface area contributed by atoms with Crippen molar-refractivity contribution in [1.29, 1.82) is 0 Å². The molecule has 0 saturated heterocycles. The molecule has 0 saturated carbocycles. The van der Waals surface area contributed by atoms with Gasteiger partial charge in [-0.2, -0.15) is 0 Å². The zero-order valence-corrected chi connectivity index (χ0v) is 11.8.